The molecule has 1 aliphatic carbocycles. The number of nitrogens with one attached hydrogen (secondary N) is 1. The van der Waals surface area contributed by atoms with Gasteiger partial charge < -0.3 is 10.4 Å². The van der Waals surface area contributed by atoms with Gasteiger partial charge in [-0.15, -0.1) is 0 Å². The summed E-state index contributed by atoms with van der Waals surface area (Å²) < 4.78 is 0. The second kappa shape index (κ2) is 8.10. The molecular formula is C15H31NO. The van der Waals surface area contributed by atoms with Crippen molar-refractivity contribution in [1.29, 1.82) is 0 Å². The van der Waals surface area contributed by atoms with Gasteiger partial charge in [0.15, 0.2) is 0 Å². The third-order valence-electron chi connectivity index (χ3n) is 4.17. The molecule has 0 aromatic heterocycles. The van der Waals surface area contributed by atoms with Crippen molar-refractivity contribution in [2.45, 2.75) is 77.2 Å². The molecule has 1 fully saturated rings. The first-order valence-corrected chi connectivity index (χ1v) is 7.58. The lowest BCUT2D eigenvalue weighted by molar-refractivity contribution is 0.0995. The molecule has 1 rings (SSSR count). The van der Waals surface area contributed by atoms with Crippen LogP contribution in [0.4, 0.5) is 0 Å². The minimum atomic E-state index is 0.0441. The molecule has 2 heteroatoms. The minimum Gasteiger partial charge on any atom is -0.394 e. The zero-order chi connectivity index (χ0) is 12.6. The highest BCUT2D eigenvalue weighted by Crippen LogP contribution is 2.31. The van der Waals surface area contributed by atoms with Gasteiger partial charge in [0.1, 0.15) is 0 Å². The summed E-state index contributed by atoms with van der Waals surface area (Å²) in [6, 6.07) is 0. The van der Waals surface area contributed by atoms with Crippen molar-refractivity contribution in [3.8, 4) is 0 Å². The lowest BCUT2D eigenvalue weighted by atomic mass is 9.77. The lowest BCUT2D eigenvalue weighted by Crippen LogP contribution is -2.51. The van der Waals surface area contributed by atoms with E-state index in [1.54, 1.807) is 0 Å². The Morgan fingerprint density at radius 3 is 2.65 bits per heavy atom. The van der Waals surface area contributed by atoms with Gasteiger partial charge in [-0.3, -0.25) is 0 Å². The van der Waals surface area contributed by atoms with E-state index in [1.165, 1.54) is 44.9 Å². The van der Waals surface area contributed by atoms with E-state index in [4.69, 9.17) is 0 Å². The third kappa shape index (κ3) is 5.39. The Morgan fingerprint density at radius 1 is 1.24 bits per heavy atom. The fourth-order valence-electron chi connectivity index (χ4n) is 3.10. The van der Waals surface area contributed by atoms with Crippen LogP contribution in [0.15, 0.2) is 0 Å². The highest BCUT2D eigenvalue weighted by atomic mass is 16.3. The number of rotatable bonds is 8. The average Bonchev–Trinajstić information content (AvgIpc) is 2.34. The summed E-state index contributed by atoms with van der Waals surface area (Å²) in [5.74, 6) is 0.767. The van der Waals surface area contributed by atoms with Crippen molar-refractivity contribution in [3.63, 3.8) is 0 Å². The van der Waals surface area contributed by atoms with E-state index >= 15 is 0 Å². The standard InChI is InChI=1S/C15H31NO/c1-3-4-5-6-7-11-16-15(13-17)10-8-9-14(2)12-15/h14,16-17H,3-13H2,1-2H3. The maximum Gasteiger partial charge on any atom is 0.0613 e. The topological polar surface area (TPSA) is 32.3 Å². The fourth-order valence-corrected chi connectivity index (χ4v) is 3.10. The lowest BCUT2D eigenvalue weighted by Gasteiger charge is -2.39. The molecule has 0 spiro atoms. The van der Waals surface area contributed by atoms with Crippen LogP contribution >= 0.6 is 0 Å². The van der Waals surface area contributed by atoms with Gasteiger partial charge in [0.2, 0.25) is 0 Å². The van der Waals surface area contributed by atoms with Crippen molar-refractivity contribution in [1.82, 2.24) is 5.32 Å². The van der Waals surface area contributed by atoms with E-state index in [0.717, 1.165) is 25.3 Å². The molecule has 0 aliphatic heterocycles. The first-order chi connectivity index (χ1) is 8.22. The predicted octanol–water partition coefficient (Wildman–Crippen LogP) is 3.49. The number of hydrogen-bond acceptors (Lipinski definition) is 2. The van der Waals surface area contributed by atoms with Gasteiger partial charge in [-0.25, -0.2) is 0 Å². The molecule has 0 radical (unpaired) electrons. The Labute approximate surface area is 107 Å². The normalized spacial score (nSPS) is 29.5. The maximum absolute atomic E-state index is 9.64. The number of hydrogen-bond donors (Lipinski definition) is 2. The number of aliphatic hydroxyl groups excluding tert-OH is 1. The summed E-state index contributed by atoms with van der Waals surface area (Å²) in [5, 5.41) is 13.3. The molecule has 2 atom stereocenters. The van der Waals surface area contributed by atoms with Crippen molar-refractivity contribution < 1.29 is 5.11 Å². The number of unbranched alkanes of at least 4 members (excludes halogenated alkanes) is 4. The van der Waals surface area contributed by atoms with Crippen LogP contribution in [0.3, 0.4) is 0 Å². The van der Waals surface area contributed by atoms with Gasteiger partial charge in [0, 0.05) is 5.54 Å². The minimum absolute atomic E-state index is 0.0441. The van der Waals surface area contributed by atoms with Gasteiger partial charge in [-0.1, -0.05) is 52.4 Å². The fraction of sp³-hybridized carbons (Fsp3) is 1.00. The van der Waals surface area contributed by atoms with Gasteiger partial charge in [0.25, 0.3) is 0 Å². The Hall–Kier alpha value is -0.0800. The molecule has 0 bridgehead atoms. The van der Waals surface area contributed by atoms with Crippen LogP contribution in [0.25, 0.3) is 0 Å². The Bertz CT molecular complexity index is 195. The van der Waals surface area contributed by atoms with E-state index in [0.29, 0.717) is 6.61 Å². The second-order valence-corrected chi connectivity index (χ2v) is 5.98. The van der Waals surface area contributed by atoms with E-state index in [1.807, 2.05) is 0 Å². The van der Waals surface area contributed by atoms with Gasteiger partial charge >= 0.3 is 0 Å². The van der Waals surface area contributed by atoms with E-state index in [2.05, 4.69) is 19.2 Å². The Morgan fingerprint density at radius 2 is 2.00 bits per heavy atom. The van der Waals surface area contributed by atoms with Crippen LogP contribution in [0, 0.1) is 5.92 Å². The molecule has 0 heterocycles. The van der Waals surface area contributed by atoms with E-state index < -0.39 is 0 Å². The summed E-state index contributed by atoms with van der Waals surface area (Å²) in [7, 11) is 0. The molecule has 102 valence electrons. The summed E-state index contributed by atoms with van der Waals surface area (Å²) in [4.78, 5) is 0. The Kier molecular flexibility index (Phi) is 7.14. The first kappa shape index (κ1) is 15.0. The molecule has 0 aromatic carbocycles. The van der Waals surface area contributed by atoms with Crippen LogP contribution in [-0.2, 0) is 0 Å². The summed E-state index contributed by atoms with van der Waals surface area (Å²) in [6.07, 6.45) is 11.5. The van der Waals surface area contributed by atoms with Crippen LogP contribution in [-0.4, -0.2) is 23.8 Å². The van der Waals surface area contributed by atoms with Crippen LogP contribution in [0.5, 0.6) is 0 Å². The average molecular weight is 241 g/mol. The molecule has 2 N–H and O–H groups in total. The molecule has 0 aromatic rings. The molecule has 17 heavy (non-hydrogen) atoms. The van der Waals surface area contributed by atoms with Crippen LogP contribution in [0.2, 0.25) is 0 Å². The first-order valence-electron chi connectivity index (χ1n) is 7.58. The molecule has 1 saturated carbocycles. The maximum atomic E-state index is 9.64. The molecule has 0 saturated heterocycles. The van der Waals surface area contributed by atoms with Crippen molar-refractivity contribution in [3.05, 3.63) is 0 Å². The highest BCUT2D eigenvalue weighted by Gasteiger charge is 2.33. The summed E-state index contributed by atoms with van der Waals surface area (Å²) >= 11 is 0. The zero-order valence-corrected chi connectivity index (χ0v) is 11.8. The van der Waals surface area contributed by atoms with Gasteiger partial charge in [0.05, 0.1) is 6.61 Å². The van der Waals surface area contributed by atoms with Gasteiger partial charge in [-0.05, 0) is 31.7 Å². The molecule has 2 unspecified atom stereocenters. The Balaban J connectivity index is 2.17. The monoisotopic (exact) mass is 241 g/mol. The quantitative estimate of drug-likeness (QED) is 0.638. The van der Waals surface area contributed by atoms with Gasteiger partial charge in [-0.2, -0.15) is 0 Å². The third-order valence-corrected chi connectivity index (χ3v) is 4.17. The summed E-state index contributed by atoms with van der Waals surface area (Å²) in [5.41, 5.74) is 0.0441. The van der Waals surface area contributed by atoms with Crippen molar-refractivity contribution >= 4 is 0 Å². The molecular weight excluding hydrogens is 210 g/mol. The van der Waals surface area contributed by atoms with E-state index in [-0.39, 0.29) is 5.54 Å². The smallest absolute Gasteiger partial charge is 0.0613 e. The predicted molar refractivity (Wildman–Crippen MR) is 74.2 cm³/mol. The van der Waals surface area contributed by atoms with Crippen molar-refractivity contribution in [2.75, 3.05) is 13.2 Å². The zero-order valence-electron chi connectivity index (χ0n) is 11.8. The number of aliphatic hydroxyl groups is 1. The largest absolute Gasteiger partial charge is 0.394 e. The highest BCUT2D eigenvalue weighted by molar-refractivity contribution is 4.92. The van der Waals surface area contributed by atoms with Crippen LogP contribution < -0.4 is 5.32 Å². The molecule has 1 aliphatic rings. The van der Waals surface area contributed by atoms with Crippen molar-refractivity contribution in [2.24, 2.45) is 5.92 Å². The summed E-state index contributed by atoms with van der Waals surface area (Å²) in [6.45, 7) is 5.96. The SMILES string of the molecule is CCCCCCCNC1(CO)CCCC(C)C1. The van der Waals surface area contributed by atoms with E-state index in [9.17, 15) is 5.11 Å². The van der Waals surface area contributed by atoms with Crippen LogP contribution in [0.1, 0.15) is 71.6 Å². The molecule has 2 nitrogen and oxygen atoms in total. The molecule has 0 amide bonds. The second-order valence-electron chi connectivity index (χ2n) is 5.98.